The van der Waals surface area contributed by atoms with Gasteiger partial charge in [-0.2, -0.15) is 0 Å². The van der Waals surface area contributed by atoms with E-state index in [9.17, 15) is 19.2 Å². The predicted molar refractivity (Wildman–Crippen MR) is 155 cm³/mol. The number of Topliss-reactive ketones (excluding diaryl/α,β-unsaturated/α-hetero) is 1. The van der Waals surface area contributed by atoms with Crippen LogP contribution in [-0.2, 0) is 30.5 Å². The van der Waals surface area contributed by atoms with E-state index in [0.717, 1.165) is 44.1 Å². The molecule has 1 aromatic carbocycles. The van der Waals surface area contributed by atoms with Gasteiger partial charge >= 0.3 is 0 Å². The first kappa shape index (κ1) is 29.5. The summed E-state index contributed by atoms with van der Waals surface area (Å²) in [6, 6.07) is 8.65. The van der Waals surface area contributed by atoms with Crippen LogP contribution in [0.15, 0.2) is 42.5 Å². The molecule has 1 saturated carbocycles. The number of carbonyl (C=O) groups excluding carboxylic acids is 4. The van der Waals surface area contributed by atoms with Crippen LogP contribution in [0.2, 0.25) is 0 Å². The zero-order chi connectivity index (χ0) is 29.0. The van der Waals surface area contributed by atoms with Gasteiger partial charge in [0, 0.05) is 45.5 Å². The summed E-state index contributed by atoms with van der Waals surface area (Å²) < 4.78 is 5.59. The van der Waals surface area contributed by atoms with E-state index in [1.807, 2.05) is 37.3 Å². The number of ketones is 1. The fourth-order valence-corrected chi connectivity index (χ4v) is 7.08. The third-order valence-corrected chi connectivity index (χ3v) is 9.72. The first-order chi connectivity index (χ1) is 19.8. The van der Waals surface area contributed by atoms with Crippen molar-refractivity contribution in [2.75, 3.05) is 20.2 Å². The fourth-order valence-electron chi connectivity index (χ4n) is 7.08. The molecule has 6 atom stereocenters. The van der Waals surface area contributed by atoms with E-state index in [0.29, 0.717) is 38.9 Å². The summed E-state index contributed by atoms with van der Waals surface area (Å²) in [6.07, 6.45) is 11.5. The smallest absolute Gasteiger partial charge is 0.243 e. The number of hydrogen-bond donors (Lipinski definition) is 1. The van der Waals surface area contributed by atoms with Crippen molar-refractivity contribution in [3.8, 4) is 0 Å². The number of benzene rings is 1. The Hall–Kier alpha value is -3.00. The Kier molecular flexibility index (Phi) is 9.27. The van der Waals surface area contributed by atoms with Gasteiger partial charge < -0.3 is 19.9 Å². The van der Waals surface area contributed by atoms with Gasteiger partial charge in [0.15, 0.2) is 5.78 Å². The Bertz CT molecular complexity index is 1150. The lowest BCUT2D eigenvalue weighted by molar-refractivity contribution is -0.146. The van der Waals surface area contributed by atoms with E-state index in [2.05, 4.69) is 17.5 Å². The van der Waals surface area contributed by atoms with Gasteiger partial charge in [0.2, 0.25) is 17.7 Å². The van der Waals surface area contributed by atoms with Crippen LogP contribution in [0.25, 0.3) is 0 Å². The number of nitrogens with zero attached hydrogens (tertiary/aromatic N) is 2. The molecule has 0 bridgehead atoms. The molecule has 0 spiro atoms. The van der Waals surface area contributed by atoms with Crippen molar-refractivity contribution in [1.29, 1.82) is 0 Å². The summed E-state index contributed by atoms with van der Waals surface area (Å²) in [6.45, 7) is 3.31. The summed E-state index contributed by atoms with van der Waals surface area (Å²) in [5.74, 6) is -0.454. The van der Waals surface area contributed by atoms with Crippen LogP contribution in [0.1, 0.15) is 76.7 Å². The number of hydrogen-bond acceptors (Lipinski definition) is 5. The van der Waals surface area contributed by atoms with Crippen molar-refractivity contribution in [2.24, 2.45) is 17.3 Å². The van der Waals surface area contributed by atoms with E-state index in [-0.39, 0.29) is 47.9 Å². The topological polar surface area (TPSA) is 96.0 Å². The number of methoxy groups -OCH3 is 1. The number of ether oxygens (including phenoxy) is 1. The van der Waals surface area contributed by atoms with Gasteiger partial charge in [-0.05, 0) is 50.0 Å². The zero-order valence-corrected chi connectivity index (χ0v) is 24.6. The highest BCUT2D eigenvalue weighted by Gasteiger charge is 2.62. The third kappa shape index (κ3) is 6.42. The number of amides is 3. The molecule has 3 aliphatic heterocycles. The van der Waals surface area contributed by atoms with Crippen molar-refractivity contribution in [3.63, 3.8) is 0 Å². The SMILES string of the molecule is CO[C@@H]1C[C@H]2C(=O)C[C@]3(C(=O)N4CCC[C@H]4C(=O)NCc4ccccc4)C[C@H]3/C=C\CCCCC[C@H](C)C(=O)N2C1. The van der Waals surface area contributed by atoms with E-state index in [4.69, 9.17) is 4.74 Å². The van der Waals surface area contributed by atoms with Gasteiger partial charge in [0.25, 0.3) is 0 Å². The molecule has 3 amide bonds. The van der Waals surface area contributed by atoms with E-state index in [1.165, 1.54) is 0 Å². The van der Waals surface area contributed by atoms with Crippen LogP contribution < -0.4 is 5.32 Å². The molecule has 0 aromatic heterocycles. The Morgan fingerprint density at radius 3 is 2.66 bits per heavy atom. The van der Waals surface area contributed by atoms with Crippen molar-refractivity contribution >= 4 is 23.5 Å². The largest absolute Gasteiger partial charge is 0.380 e. The predicted octanol–water partition coefficient (Wildman–Crippen LogP) is 4.03. The Labute approximate surface area is 243 Å². The monoisotopic (exact) mass is 563 g/mol. The second-order valence-corrected chi connectivity index (χ2v) is 12.5. The first-order valence-corrected chi connectivity index (χ1v) is 15.5. The van der Waals surface area contributed by atoms with Crippen LogP contribution in [0, 0.1) is 17.3 Å². The lowest BCUT2D eigenvalue weighted by Gasteiger charge is -2.31. The van der Waals surface area contributed by atoms with E-state index >= 15 is 0 Å². The lowest BCUT2D eigenvalue weighted by Crippen LogP contribution is -2.50. The summed E-state index contributed by atoms with van der Waals surface area (Å²) >= 11 is 0. The van der Waals surface area contributed by atoms with Crippen LogP contribution >= 0.6 is 0 Å². The molecule has 41 heavy (non-hydrogen) atoms. The molecule has 0 radical (unpaired) electrons. The minimum atomic E-state index is -0.846. The molecule has 8 heteroatoms. The molecule has 4 aliphatic rings. The molecule has 1 aliphatic carbocycles. The van der Waals surface area contributed by atoms with Gasteiger partial charge in [0.1, 0.15) is 6.04 Å². The molecule has 1 aromatic rings. The average molecular weight is 564 g/mol. The second kappa shape index (κ2) is 12.9. The maximum absolute atomic E-state index is 14.3. The number of likely N-dealkylation sites (tertiary alicyclic amines) is 1. The summed E-state index contributed by atoms with van der Waals surface area (Å²) in [5.41, 5.74) is 0.163. The first-order valence-electron chi connectivity index (χ1n) is 15.5. The molecular formula is C33H45N3O5. The summed E-state index contributed by atoms with van der Waals surface area (Å²) in [5, 5.41) is 3.02. The maximum atomic E-state index is 14.3. The summed E-state index contributed by atoms with van der Waals surface area (Å²) in [7, 11) is 1.62. The highest BCUT2D eigenvalue weighted by atomic mass is 16.5. The number of allylic oxidation sites excluding steroid dienone is 2. The van der Waals surface area contributed by atoms with Gasteiger partial charge in [-0.25, -0.2) is 0 Å². The van der Waals surface area contributed by atoms with E-state index in [1.54, 1.807) is 16.9 Å². The molecule has 3 heterocycles. The van der Waals surface area contributed by atoms with Crippen molar-refractivity contribution < 1.29 is 23.9 Å². The summed E-state index contributed by atoms with van der Waals surface area (Å²) in [4.78, 5) is 58.4. The minimum Gasteiger partial charge on any atom is -0.380 e. The third-order valence-electron chi connectivity index (χ3n) is 9.72. The molecule has 222 valence electrons. The van der Waals surface area contributed by atoms with Gasteiger partial charge in [-0.3, -0.25) is 19.2 Å². The van der Waals surface area contributed by atoms with Crippen LogP contribution in [0.3, 0.4) is 0 Å². The Morgan fingerprint density at radius 1 is 1.07 bits per heavy atom. The van der Waals surface area contributed by atoms with Crippen LogP contribution in [-0.4, -0.2) is 71.7 Å². The number of rotatable bonds is 5. The lowest BCUT2D eigenvalue weighted by atomic mass is 9.90. The Balaban J connectivity index is 1.35. The highest BCUT2D eigenvalue weighted by molar-refractivity contribution is 5.98. The average Bonchev–Trinajstić information content (AvgIpc) is 3.31. The standard InChI is InChI=1S/C33H45N3O5/c1-23-12-7-4-3-5-10-15-25-19-33(25,20-29(37)28-18-26(41-2)22-36(28)31(23)39)32(40)35-17-11-16-27(35)30(38)34-21-24-13-8-6-9-14-24/h6,8-10,13-15,23,25-28H,3-5,7,11-12,16-22H2,1-2H3,(H,34,38)/b15-10-/t23-,25+,26+,27-,28-,33+/m0/s1. The fraction of sp³-hybridized carbons (Fsp3) is 0.636. The molecule has 8 nitrogen and oxygen atoms in total. The van der Waals surface area contributed by atoms with Gasteiger partial charge in [0.05, 0.1) is 17.6 Å². The number of carbonyl (C=O) groups is 4. The molecule has 1 N–H and O–H groups in total. The molecule has 0 unspecified atom stereocenters. The van der Waals surface area contributed by atoms with Crippen LogP contribution in [0.5, 0.6) is 0 Å². The normalized spacial score (nSPS) is 33.4. The minimum absolute atomic E-state index is 0.0123. The van der Waals surface area contributed by atoms with Gasteiger partial charge in [-0.1, -0.05) is 62.2 Å². The molecular weight excluding hydrogens is 518 g/mol. The van der Waals surface area contributed by atoms with Crippen molar-refractivity contribution in [3.05, 3.63) is 48.0 Å². The molecule has 3 fully saturated rings. The quantitative estimate of drug-likeness (QED) is 0.546. The highest BCUT2D eigenvalue weighted by Crippen LogP contribution is 2.58. The maximum Gasteiger partial charge on any atom is 0.243 e. The van der Waals surface area contributed by atoms with Crippen molar-refractivity contribution in [1.82, 2.24) is 15.1 Å². The Morgan fingerprint density at radius 2 is 1.88 bits per heavy atom. The molecule has 5 rings (SSSR count). The van der Waals surface area contributed by atoms with Gasteiger partial charge in [-0.15, -0.1) is 0 Å². The second-order valence-electron chi connectivity index (χ2n) is 12.5. The molecule has 2 saturated heterocycles. The zero-order valence-electron chi connectivity index (χ0n) is 24.6. The number of nitrogens with one attached hydrogen (secondary N) is 1. The van der Waals surface area contributed by atoms with Crippen molar-refractivity contribution in [2.45, 2.75) is 95.9 Å². The number of fused-ring (bicyclic) bond motifs is 2. The van der Waals surface area contributed by atoms with E-state index < -0.39 is 17.5 Å². The van der Waals surface area contributed by atoms with Crippen LogP contribution in [0.4, 0.5) is 0 Å².